The molecule has 1 aromatic rings. The fourth-order valence-electron chi connectivity index (χ4n) is 1.12. The Bertz CT molecular complexity index is 297. The molecule has 0 saturated heterocycles. The molecule has 0 atom stereocenters. The third kappa shape index (κ3) is 1.59. The lowest BCUT2D eigenvalue weighted by molar-refractivity contribution is 0.523. The fourth-order valence-corrected chi connectivity index (χ4v) is 1.45. The second-order valence-corrected chi connectivity index (χ2v) is 4.54. The van der Waals surface area contributed by atoms with Crippen molar-refractivity contribution < 1.29 is 0 Å². The van der Waals surface area contributed by atoms with Crippen molar-refractivity contribution in [3.8, 4) is 0 Å². The normalized spacial score (nSPS) is 12.2. The highest BCUT2D eigenvalue weighted by atomic mass is 35.5. The van der Waals surface area contributed by atoms with Crippen molar-refractivity contribution in [1.82, 2.24) is 9.55 Å². The molecule has 12 heavy (non-hydrogen) atoms. The van der Waals surface area contributed by atoms with Gasteiger partial charge in [0.2, 0.25) is 0 Å². The molecule has 0 spiro atoms. The highest BCUT2D eigenvalue weighted by Gasteiger charge is 2.22. The number of nitrogens with zero attached hydrogens (tertiary/aromatic N) is 2. The SMILES string of the molecule is Cn1c(C(C)(C)C)nc(Cl)c1Cl. The van der Waals surface area contributed by atoms with Crippen molar-refractivity contribution in [2.24, 2.45) is 7.05 Å². The maximum atomic E-state index is 5.87. The lowest BCUT2D eigenvalue weighted by atomic mass is 9.96. The van der Waals surface area contributed by atoms with Crippen molar-refractivity contribution in [3.05, 3.63) is 16.1 Å². The fraction of sp³-hybridized carbons (Fsp3) is 0.625. The van der Waals surface area contributed by atoms with Gasteiger partial charge in [-0.05, 0) is 0 Å². The molecule has 0 radical (unpaired) electrons. The van der Waals surface area contributed by atoms with E-state index in [9.17, 15) is 0 Å². The van der Waals surface area contributed by atoms with E-state index in [2.05, 4.69) is 25.8 Å². The summed E-state index contributed by atoms with van der Waals surface area (Å²) in [5.41, 5.74) is -0.0223. The van der Waals surface area contributed by atoms with Crippen molar-refractivity contribution in [1.29, 1.82) is 0 Å². The first-order valence-electron chi connectivity index (χ1n) is 3.72. The van der Waals surface area contributed by atoms with E-state index < -0.39 is 0 Å². The first-order chi connectivity index (χ1) is 5.34. The molecule has 4 heteroatoms. The molecule has 0 fully saturated rings. The van der Waals surface area contributed by atoms with E-state index in [1.165, 1.54) is 0 Å². The van der Waals surface area contributed by atoms with Crippen LogP contribution in [0.5, 0.6) is 0 Å². The van der Waals surface area contributed by atoms with Gasteiger partial charge in [0.25, 0.3) is 0 Å². The van der Waals surface area contributed by atoms with Crippen LogP contribution in [0.2, 0.25) is 10.3 Å². The maximum Gasteiger partial charge on any atom is 0.166 e. The van der Waals surface area contributed by atoms with Crippen molar-refractivity contribution >= 4 is 23.2 Å². The lowest BCUT2D eigenvalue weighted by Crippen LogP contribution is -2.17. The molecule has 2 nitrogen and oxygen atoms in total. The summed E-state index contributed by atoms with van der Waals surface area (Å²) >= 11 is 11.6. The molecule has 0 aromatic carbocycles. The molecule has 0 amide bonds. The largest absolute Gasteiger partial charge is 0.320 e. The van der Waals surface area contributed by atoms with E-state index in [-0.39, 0.29) is 5.41 Å². The van der Waals surface area contributed by atoms with Crippen LogP contribution in [-0.4, -0.2) is 9.55 Å². The Labute approximate surface area is 82.5 Å². The molecule has 68 valence electrons. The van der Waals surface area contributed by atoms with E-state index in [4.69, 9.17) is 23.2 Å². The van der Waals surface area contributed by atoms with Crippen LogP contribution in [0.15, 0.2) is 0 Å². The average Bonchev–Trinajstić information content (AvgIpc) is 2.15. The van der Waals surface area contributed by atoms with Gasteiger partial charge >= 0.3 is 0 Å². The Balaban J connectivity index is 3.28. The predicted octanol–water partition coefficient (Wildman–Crippen LogP) is 3.02. The van der Waals surface area contributed by atoms with Crippen molar-refractivity contribution in [3.63, 3.8) is 0 Å². The molecule has 0 bridgehead atoms. The van der Waals surface area contributed by atoms with E-state index in [0.29, 0.717) is 10.3 Å². The summed E-state index contributed by atoms with van der Waals surface area (Å²) in [6.45, 7) is 6.21. The third-order valence-corrected chi connectivity index (χ3v) is 2.45. The monoisotopic (exact) mass is 206 g/mol. The molecular weight excluding hydrogens is 195 g/mol. The summed E-state index contributed by atoms with van der Waals surface area (Å²) < 4.78 is 1.81. The molecule has 1 heterocycles. The van der Waals surface area contributed by atoms with E-state index in [1.807, 2.05) is 11.6 Å². The molecule has 0 N–H and O–H groups in total. The summed E-state index contributed by atoms with van der Waals surface area (Å²) in [4.78, 5) is 4.18. The number of imidazole rings is 1. The van der Waals surface area contributed by atoms with E-state index in [0.717, 1.165) is 5.82 Å². The second kappa shape index (κ2) is 2.93. The lowest BCUT2D eigenvalue weighted by Gasteiger charge is -2.17. The van der Waals surface area contributed by atoms with Gasteiger partial charge in [0.1, 0.15) is 11.0 Å². The van der Waals surface area contributed by atoms with Gasteiger partial charge in [-0.1, -0.05) is 44.0 Å². The summed E-state index contributed by atoms with van der Waals surface area (Å²) in [7, 11) is 1.86. The van der Waals surface area contributed by atoms with E-state index in [1.54, 1.807) is 0 Å². The number of aromatic nitrogens is 2. The standard InChI is InChI=1S/C8H12Cl2N2/c1-8(2,3)7-11-5(9)6(10)12(7)4/h1-4H3. The van der Waals surface area contributed by atoms with Gasteiger partial charge in [-0.15, -0.1) is 0 Å². The second-order valence-electron chi connectivity index (χ2n) is 3.83. The molecular formula is C8H12Cl2N2. The van der Waals surface area contributed by atoms with Gasteiger partial charge in [0.15, 0.2) is 5.15 Å². The Hall–Kier alpha value is -0.210. The van der Waals surface area contributed by atoms with Crippen LogP contribution in [0.25, 0.3) is 0 Å². The third-order valence-electron chi connectivity index (χ3n) is 1.66. The molecule has 0 aliphatic rings. The first kappa shape index (κ1) is 9.87. The summed E-state index contributed by atoms with van der Waals surface area (Å²) in [6.07, 6.45) is 0. The minimum atomic E-state index is -0.0223. The van der Waals surface area contributed by atoms with Crippen LogP contribution >= 0.6 is 23.2 Å². The Morgan fingerprint density at radius 1 is 1.25 bits per heavy atom. The molecule has 0 aliphatic carbocycles. The molecule has 0 unspecified atom stereocenters. The molecule has 1 rings (SSSR count). The van der Waals surface area contributed by atoms with Gasteiger partial charge in [0.05, 0.1) is 0 Å². The zero-order valence-corrected chi connectivity index (χ0v) is 9.16. The van der Waals surface area contributed by atoms with Gasteiger partial charge in [0, 0.05) is 12.5 Å². The van der Waals surface area contributed by atoms with Gasteiger partial charge in [-0.25, -0.2) is 4.98 Å². The molecule has 0 aliphatic heterocycles. The van der Waals surface area contributed by atoms with Crippen LogP contribution in [0, 0.1) is 0 Å². The zero-order chi connectivity index (χ0) is 9.52. The molecule has 0 saturated carbocycles. The van der Waals surface area contributed by atoms with E-state index >= 15 is 0 Å². The van der Waals surface area contributed by atoms with Crippen LogP contribution < -0.4 is 0 Å². The molecule has 1 aromatic heterocycles. The van der Waals surface area contributed by atoms with Crippen molar-refractivity contribution in [2.75, 3.05) is 0 Å². The number of hydrogen-bond donors (Lipinski definition) is 0. The van der Waals surface area contributed by atoms with Crippen LogP contribution in [0.1, 0.15) is 26.6 Å². The van der Waals surface area contributed by atoms with Crippen molar-refractivity contribution in [2.45, 2.75) is 26.2 Å². The summed E-state index contributed by atoms with van der Waals surface area (Å²) in [5.74, 6) is 0.900. The van der Waals surface area contributed by atoms with Gasteiger partial charge in [-0.3, -0.25) is 0 Å². The Morgan fingerprint density at radius 2 is 1.75 bits per heavy atom. The van der Waals surface area contributed by atoms with Gasteiger partial charge < -0.3 is 4.57 Å². The maximum absolute atomic E-state index is 5.87. The first-order valence-corrected chi connectivity index (χ1v) is 4.48. The smallest absolute Gasteiger partial charge is 0.166 e. The zero-order valence-electron chi connectivity index (χ0n) is 7.65. The summed E-state index contributed by atoms with van der Waals surface area (Å²) in [6, 6.07) is 0. The topological polar surface area (TPSA) is 17.8 Å². The highest BCUT2D eigenvalue weighted by molar-refractivity contribution is 6.40. The quantitative estimate of drug-likeness (QED) is 0.639. The average molecular weight is 207 g/mol. The summed E-state index contributed by atoms with van der Waals surface area (Å²) in [5, 5.41) is 0.880. The van der Waals surface area contributed by atoms with Crippen LogP contribution in [0.3, 0.4) is 0 Å². The number of halogens is 2. The van der Waals surface area contributed by atoms with Crippen LogP contribution in [-0.2, 0) is 12.5 Å². The predicted molar refractivity (Wildman–Crippen MR) is 51.9 cm³/mol. The highest BCUT2D eigenvalue weighted by Crippen LogP contribution is 2.28. The Kier molecular flexibility index (Phi) is 2.41. The number of rotatable bonds is 0. The van der Waals surface area contributed by atoms with Gasteiger partial charge in [-0.2, -0.15) is 0 Å². The minimum absolute atomic E-state index is 0.0223. The number of hydrogen-bond acceptors (Lipinski definition) is 1. The minimum Gasteiger partial charge on any atom is -0.320 e. The Morgan fingerprint density at radius 3 is 1.92 bits per heavy atom. The van der Waals surface area contributed by atoms with Crippen LogP contribution in [0.4, 0.5) is 0 Å².